The van der Waals surface area contributed by atoms with E-state index >= 15 is 0 Å². The predicted molar refractivity (Wildman–Crippen MR) is 44.7 cm³/mol. The van der Waals surface area contributed by atoms with Crippen molar-refractivity contribution in [3.05, 3.63) is 0 Å². The Balaban J connectivity index is 0.000000241. The number of aliphatic carboxylic acids is 2. The van der Waals surface area contributed by atoms with Gasteiger partial charge in [0.15, 0.2) is 0 Å². The van der Waals surface area contributed by atoms with Gasteiger partial charge in [-0.2, -0.15) is 10.2 Å². The first-order valence-electron chi connectivity index (χ1n) is 3.94. The summed E-state index contributed by atoms with van der Waals surface area (Å²) >= 11 is 0. The molecule has 0 aliphatic heterocycles. The zero-order valence-corrected chi connectivity index (χ0v) is 8.58. The topological polar surface area (TPSA) is 244 Å². The molecule has 0 aliphatic carbocycles. The number of H-pyrrole nitrogens is 4. The molecule has 0 aliphatic rings. The summed E-state index contributed by atoms with van der Waals surface area (Å²) in [7, 11) is 0. The molecule has 18 heavy (non-hydrogen) atoms. The number of hydrogen-bond donors (Lipinski definition) is 4. The number of carboxylic acid groups (broad SMARTS) is 2. The lowest BCUT2D eigenvalue weighted by atomic mass is 10.7. The van der Waals surface area contributed by atoms with Gasteiger partial charge in [0.05, 0.1) is 22.1 Å². The summed E-state index contributed by atoms with van der Waals surface area (Å²) in [5, 5.41) is 40.5. The first-order chi connectivity index (χ1) is 8.43. The number of carbonyl (C=O) groups is 2. The van der Waals surface area contributed by atoms with Gasteiger partial charge in [-0.15, -0.1) is 10.4 Å². The number of tetrazole rings is 2. The van der Waals surface area contributed by atoms with Crippen molar-refractivity contribution in [1.82, 2.24) is 31.1 Å². The highest BCUT2D eigenvalue weighted by Crippen LogP contribution is 1.64. The number of aromatic amines is 4. The Morgan fingerprint density at radius 3 is 1.33 bits per heavy atom. The van der Waals surface area contributed by atoms with Gasteiger partial charge in [-0.3, -0.25) is 0 Å². The number of anilines is 2. The van der Waals surface area contributed by atoms with Crippen molar-refractivity contribution >= 4 is 23.8 Å². The molecule has 0 bridgehead atoms. The van der Waals surface area contributed by atoms with Gasteiger partial charge in [0.1, 0.15) is 10.4 Å². The standard InChI is InChI=1S/C2H2O4.2CH3N5/c3-1(4)2(5)6;2*2-1-3-5-6-4-1/h(H,3,4)(H,5,6);2*(H3,2,3,4,5,6). The number of nitrogens with zero attached hydrogens (tertiary/aromatic N) is 4. The van der Waals surface area contributed by atoms with Gasteiger partial charge >= 0.3 is 11.9 Å². The molecule has 2 rings (SSSR count). The van der Waals surface area contributed by atoms with Crippen LogP contribution in [0.15, 0.2) is 0 Å². The summed E-state index contributed by atoms with van der Waals surface area (Å²) in [6.07, 6.45) is 0. The van der Waals surface area contributed by atoms with Gasteiger partial charge in [-0.1, -0.05) is 0 Å². The van der Waals surface area contributed by atoms with Crippen LogP contribution in [0.4, 0.5) is 11.9 Å². The number of hydrogen-bond acceptors (Lipinski definition) is 10. The second kappa shape index (κ2) is 7.91. The maximum atomic E-state index is 8.93. The minimum atomic E-state index is -2.19. The molecule has 0 aromatic carbocycles. The summed E-state index contributed by atoms with van der Waals surface area (Å²) in [6.45, 7) is 0. The van der Waals surface area contributed by atoms with Gasteiger partial charge in [-0.25, -0.2) is 0 Å². The van der Waals surface area contributed by atoms with E-state index in [9.17, 15) is 0 Å². The third-order valence-electron chi connectivity index (χ3n) is 0.950. The number of aromatic nitrogens is 8. The van der Waals surface area contributed by atoms with Crippen molar-refractivity contribution < 1.29 is 30.0 Å². The molecular formula is C4H8N10O4. The molecule has 98 valence electrons. The van der Waals surface area contributed by atoms with Crippen LogP contribution in [0.1, 0.15) is 0 Å². The number of carbonyl (C=O) groups excluding carboxylic acids is 2. The van der Waals surface area contributed by atoms with E-state index in [-0.39, 0.29) is 0 Å². The van der Waals surface area contributed by atoms with Gasteiger partial charge in [0, 0.05) is 0 Å². The second-order valence-corrected chi connectivity index (χ2v) is 2.22. The normalized spacial score (nSPS) is 8.22. The molecule has 0 fully saturated rings. The fourth-order valence-corrected chi connectivity index (χ4v) is 0.372. The zero-order chi connectivity index (χ0) is 14.0. The fraction of sp³-hybridized carbons (Fsp3) is 0. The summed E-state index contributed by atoms with van der Waals surface area (Å²) in [4.78, 5) is 17.9. The van der Waals surface area contributed by atoms with E-state index in [0.717, 1.165) is 0 Å². The molecule has 0 spiro atoms. The van der Waals surface area contributed by atoms with Crippen LogP contribution in [-0.2, 0) is 9.59 Å². The van der Waals surface area contributed by atoms with Crippen molar-refractivity contribution in [2.75, 3.05) is 11.5 Å². The van der Waals surface area contributed by atoms with Crippen molar-refractivity contribution in [2.45, 2.75) is 0 Å². The Kier molecular flexibility index (Phi) is 6.45. The highest BCUT2D eigenvalue weighted by atomic mass is 16.4. The smallest absolute Gasteiger partial charge is 0.394 e. The van der Waals surface area contributed by atoms with Crippen molar-refractivity contribution in [3.63, 3.8) is 0 Å². The summed E-state index contributed by atoms with van der Waals surface area (Å²) in [5.41, 5.74) is 10.0. The Morgan fingerprint density at radius 1 is 0.944 bits per heavy atom. The number of carboxylic acids is 2. The quantitative estimate of drug-likeness (QED) is 0.325. The van der Waals surface area contributed by atoms with Gasteiger partial charge in [0.25, 0.3) is 0 Å². The number of nitrogens with two attached hydrogens (primary N) is 2. The van der Waals surface area contributed by atoms with E-state index in [1.54, 1.807) is 0 Å². The lowest BCUT2D eigenvalue weighted by molar-refractivity contribution is -0.440. The predicted octanol–water partition coefficient (Wildman–Crippen LogP) is -7.11. The molecular weight excluding hydrogens is 252 g/mol. The number of nitrogens with one attached hydrogen (secondary N) is 4. The van der Waals surface area contributed by atoms with E-state index in [2.05, 4.69) is 41.2 Å². The average molecular weight is 260 g/mol. The zero-order valence-electron chi connectivity index (χ0n) is 8.58. The summed E-state index contributed by atoms with van der Waals surface area (Å²) < 4.78 is 0. The van der Waals surface area contributed by atoms with E-state index < -0.39 is 11.9 Å². The maximum Gasteiger partial charge on any atom is 0.394 e. The van der Waals surface area contributed by atoms with Crippen LogP contribution in [0.3, 0.4) is 0 Å². The van der Waals surface area contributed by atoms with Crippen LogP contribution in [0.2, 0.25) is 0 Å². The molecule has 0 atom stereocenters. The lowest BCUT2D eigenvalue weighted by Gasteiger charge is -1.97. The van der Waals surface area contributed by atoms with E-state index in [1.807, 2.05) is 0 Å². The van der Waals surface area contributed by atoms with E-state index in [1.165, 1.54) is 0 Å². The highest BCUT2D eigenvalue weighted by Gasteiger charge is 1.90. The van der Waals surface area contributed by atoms with Gasteiger partial charge < -0.3 is 31.3 Å². The molecule has 0 saturated heterocycles. The summed E-state index contributed by atoms with van der Waals surface area (Å²) in [6, 6.07) is 0. The number of rotatable bonds is 0. The molecule has 0 radical (unpaired) electrons. The maximum absolute atomic E-state index is 8.93. The molecule has 0 amide bonds. The highest BCUT2D eigenvalue weighted by molar-refractivity contribution is 6.25. The first kappa shape index (κ1) is 14.7. The Bertz CT molecular complexity index is 406. The molecule has 0 unspecified atom stereocenters. The second-order valence-electron chi connectivity index (χ2n) is 2.22. The molecule has 14 heteroatoms. The fourth-order valence-electron chi connectivity index (χ4n) is 0.372. The molecule has 14 nitrogen and oxygen atoms in total. The largest absolute Gasteiger partial charge is 0.543 e. The van der Waals surface area contributed by atoms with Crippen molar-refractivity contribution in [3.8, 4) is 0 Å². The van der Waals surface area contributed by atoms with Crippen LogP contribution >= 0.6 is 0 Å². The Labute approximate surface area is 97.4 Å². The first-order valence-corrected chi connectivity index (χ1v) is 3.94. The van der Waals surface area contributed by atoms with E-state index in [0.29, 0.717) is 11.9 Å². The van der Waals surface area contributed by atoms with Crippen molar-refractivity contribution in [2.24, 2.45) is 0 Å². The molecule has 8 N–H and O–H groups in total. The molecule has 0 saturated carbocycles. The minimum Gasteiger partial charge on any atom is -0.543 e. The van der Waals surface area contributed by atoms with Crippen LogP contribution in [0.5, 0.6) is 0 Å². The van der Waals surface area contributed by atoms with Crippen LogP contribution in [-0.4, -0.2) is 43.0 Å². The van der Waals surface area contributed by atoms with Gasteiger partial charge in [-0.05, 0) is 0 Å². The average Bonchev–Trinajstić information content (AvgIpc) is 2.93. The molecule has 2 heterocycles. The number of nitrogen functional groups attached to an aromatic ring is 2. The Hall–Kier alpha value is -3.32. The van der Waals surface area contributed by atoms with Crippen LogP contribution in [0.25, 0.3) is 0 Å². The minimum absolute atomic E-state index is 0.301. The molecule has 2 aromatic heterocycles. The summed E-state index contributed by atoms with van der Waals surface area (Å²) in [5.74, 6) is -3.77. The van der Waals surface area contributed by atoms with Gasteiger partial charge in [0.2, 0.25) is 0 Å². The monoisotopic (exact) mass is 260 g/mol. The van der Waals surface area contributed by atoms with E-state index in [4.69, 9.17) is 31.3 Å². The molecule has 2 aromatic rings. The SMILES string of the molecule is Nc1nn[nH][nH+]1.Nc1nn[nH][nH+]1.O=C([O-])C(=O)[O-]. The third-order valence-corrected chi connectivity index (χ3v) is 0.950. The lowest BCUT2D eigenvalue weighted by Crippen LogP contribution is -2.42. The van der Waals surface area contributed by atoms with Crippen molar-refractivity contribution in [1.29, 1.82) is 0 Å². The third kappa shape index (κ3) is 8.03. The Morgan fingerprint density at radius 2 is 1.28 bits per heavy atom. The van der Waals surface area contributed by atoms with Crippen LogP contribution < -0.4 is 31.9 Å². The van der Waals surface area contributed by atoms with Crippen LogP contribution in [0, 0.1) is 0 Å².